The summed E-state index contributed by atoms with van der Waals surface area (Å²) in [6.07, 6.45) is 1.94. The molecule has 0 saturated carbocycles. The standard InChI is InChI=1S/C13H25N3O/c1-7-14-11(10-8-9-15-16(10)5)12(17-6)13(2,3)4/h8-9,11-12,14H,7H2,1-6H3. The number of nitrogens with one attached hydrogen (secondary N) is 1. The first-order valence-corrected chi connectivity index (χ1v) is 6.15. The van der Waals surface area contributed by atoms with Gasteiger partial charge in [-0.2, -0.15) is 5.10 Å². The molecule has 0 aliphatic heterocycles. The predicted octanol–water partition coefficient (Wildman–Crippen LogP) is 2.13. The predicted molar refractivity (Wildman–Crippen MR) is 69.9 cm³/mol. The molecule has 1 heterocycles. The van der Waals surface area contributed by atoms with Crippen molar-refractivity contribution in [2.45, 2.75) is 39.8 Å². The van der Waals surface area contributed by atoms with Crippen LogP contribution in [0.5, 0.6) is 0 Å². The van der Waals surface area contributed by atoms with Crippen molar-refractivity contribution in [3.8, 4) is 0 Å². The van der Waals surface area contributed by atoms with Crippen LogP contribution in [0.25, 0.3) is 0 Å². The Bertz CT molecular complexity index is 341. The van der Waals surface area contributed by atoms with Crippen molar-refractivity contribution >= 4 is 0 Å². The van der Waals surface area contributed by atoms with Crippen molar-refractivity contribution in [1.29, 1.82) is 0 Å². The maximum atomic E-state index is 5.70. The zero-order valence-corrected chi connectivity index (χ0v) is 11.8. The lowest BCUT2D eigenvalue weighted by Gasteiger charge is -2.36. The molecular formula is C13H25N3O. The Morgan fingerprint density at radius 1 is 1.47 bits per heavy atom. The van der Waals surface area contributed by atoms with Gasteiger partial charge in [0.2, 0.25) is 0 Å². The maximum Gasteiger partial charge on any atom is 0.0829 e. The molecule has 0 fully saturated rings. The van der Waals surface area contributed by atoms with Crippen molar-refractivity contribution in [1.82, 2.24) is 15.1 Å². The second kappa shape index (κ2) is 5.65. The molecule has 1 N–H and O–H groups in total. The van der Waals surface area contributed by atoms with Crippen LogP contribution >= 0.6 is 0 Å². The number of ether oxygens (including phenoxy) is 1. The largest absolute Gasteiger partial charge is 0.379 e. The van der Waals surface area contributed by atoms with Gasteiger partial charge in [-0.25, -0.2) is 0 Å². The topological polar surface area (TPSA) is 39.1 Å². The molecule has 4 nitrogen and oxygen atoms in total. The van der Waals surface area contributed by atoms with Gasteiger partial charge in [-0.3, -0.25) is 4.68 Å². The third-order valence-electron chi connectivity index (χ3n) is 3.01. The van der Waals surface area contributed by atoms with Crippen LogP contribution < -0.4 is 5.32 Å². The molecule has 0 bridgehead atoms. The summed E-state index contributed by atoms with van der Waals surface area (Å²) in [5, 5.41) is 7.74. The van der Waals surface area contributed by atoms with Crippen LogP contribution in [0.4, 0.5) is 0 Å². The second-order valence-electron chi connectivity index (χ2n) is 5.44. The summed E-state index contributed by atoms with van der Waals surface area (Å²) in [5.74, 6) is 0. The number of aryl methyl sites for hydroxylation is 1. The maximum absolute atomic E-state index is 5.70. The van der Waals surface area contributed by atoms with Crippen molar-refractivity contribution in [3.63, 3.8) is 0 Å². The van der Waals surface area contributed by atoms with Gasteiger partial charge in [-0.15, -0.1) is 0 Å². The molecule has 1 rings (SSSR count). The van der Waals surface area contributed by atoms with Gasteiger partial charge >= 0.3 is 0 Å². The smallest absolute Gasteiger partial charge is 0.0829 e. The van der Waals surface area contributed by atoms with Gasteiger partial charge in [-0.05, 0) is 18.0 Å². The lowest BCUT2D eigenvalue weighted by molar-refractivity contribution is -0.0134. The van der Waals surface area contributed by atoms with E-state index in [1.807, 2.05) is 24.0 Å². The van der Waals surface area contributed by atoms with Crippen molar-refractivity contribution in [3.05, 3.63) is 18.0 Å². The van der Waals surface area contributed by atoms with E-state index < -0.39 is 0 Å². The summed E-state index contributed by atoms with van der Waals surface area (Å²) in [4.78, 5) is 0. The van der Waals surface area contributed by atoms with Crippen molar-refractivity contribution < 1.29 is 4.74 Å². The number of likely N-dealkylation sites (N-methyl/N-ethyl adjacent to an activating group) is 1. The summed E-state index contributed by atoms with van der Waals surface area (Å²) in [5.41, 5.74) is 1.24. The van der Waals surface area contributed by atoms with Gasteiger partial charge < -0.3 is 10.1 Å². The third kappa shape index (κ3) is 3.30. The fourth-order valence-corrected chi connectivity index (χ4v) is 2.27. The van der Waals surface area contributed by atoms with Gasteiger partial charge in [0.05, 0.1) is 17.8 Å². The Hall–Kier alpha value is -0.870. The minimum atomic E-state index is 0.0753. The Morgan fingerprint density at radius 2 is 2.12 bits per heavy atom. The van der Waals surface area contributed by atoms with E-state index >= 15 is 0 Å². The van der Waals surface area contributed by atoms with Gasteiger partial charge in [0, 0.05) is 20.4 Å². The molecule has 2 atom stereocenters. The molecule has 0 aromatic carbocycles. The highest BCUT2D eigenvalue weighted by molar-refractivity contribution is 5.10. The molecular weight excluding hydrogens is 214 g/mol. The average molecular weight is 239 g/mol. The zero-order valence-electron chi connectivity index (χ0n) is 11.8. The molecule has 0 spiro atoms. The highest BCUT2D eigenvalue weighted by Crippen LogP contribution is 2.32. The first-order chi connectivity index (χ1) is 7.91. The van der Waals surface area contributed by atoms with E-state index in [-0.39, 0.29) is 17.6 Å². The van der Waals surface area contributed by atoms with E-state index in [9.17, 15) is 0 Å². The number of hydrogen-bond acceptors (Lipinski definition) is 3. The molecule has 0 aliphatic carbocycles. The normalized spacial score (nSPS) is 15.9. The number of methoxy groups -OCH3 is 1. The van der Waals surface area contributed by atoms with Gasteiger partial charge in [-0.1, -0.05) is 27.7 Å². The Labute approximate surface area is 104 Å². The molecule has 0 radical (unpaired) electrons. The van der Waals surface area contributed by atoms with Crippen molar-refractivity contribution in [2.75, 3.05) is 13.7 Å². The SMILES string of the molecule is CCNC(c1ccnn1C)C(OC)C(C)(C)C. The van der Waals surface area contributed by atoms with Crippen LogP contribution in [0, 0.1) is 5.41 Å². The molecule has 1 aromatic rings. The monoisotopic (exact) mass is 239 g/mol. The van der Waals surface area contributed by atoms with E-state index in [4.69, 9.17) is 4.74 Å². The molecule has 0 aliphatic rings. The Balaban J connectivity index is 3.04. The lowest BCUT2D eigenvalue weighted by atomic mass is 9.83. The minimum absolute atomic E-state index is 0.0753. The van der Waals surface area contributed by atoms with Crippen LogP contribution in [-0.2, 0) is 11.8 Å². The van der Waals surface area contributed by atoms with E-state index in [2.05, 4.69) is 38.1 Å². The van der Waals surface area contributed by atoms with Crippen LogP contribution in [0.1, 0.15) is 39.4 Å². The molecule has 98 valence electrons. The molecule has 17 heavy (non-hydrogen) atoms. The minimum Gasteiger partial charge on any atom is -0.379 e. The first-order valence-electron chi connectivity index (χ1n) is 6.15. The number of aromatic nitrogens is 2. The zero-order chi connectivity index (χ0) is 13.1. The van der Waals surface area contributed by atoms with E-state index in [0.717, 1.165) is 12.2 Å². The van der Waals surface area contributed by atoms with Gasteiger partial charge in [0.25, 0.3) is 0 Å². The quantitative estimate of drug-likeness (QED) is 0.855. The first kappa shape index (κ1) is 14.2. The highest BCUT2D eigenvalue weighted by atomic mass is 16.5. The number of rotatable bonds is 5. The number of hydrogen-bond donors (Lipinski definition) is 1. The Morgan fingerprint density at radius 3 is 2.47 bits per heavy atom. The van der Waals surface area contributed by atoms with E-state index in [1.54, 1.807) is 7.11 Å². The second-order valence-corrected chi connectivity index (χ2v) is 5.44. The van der Waals surface area contributed by atoms with E-state index in [0.29, 0.717) is 0 Å². The summed E-state index contributed by atoms with van der Waals surface area (Å²) in [6, 6.07) is 2.21. The van der Waals surface area contributed by atoms with Crippen molar-refractivity contribution in [2.24, 2.45) is 12.5 Å². The fraction of sp³-hybridized carbons (Fsp3) is 0.769. The van der Waals surface area contributed by atoms with E-state index in [1.165, 1.54) is 0 Å². The van der Waals surface area contributed by atoms with Crippen LogP contribution in [-0.4, -0.2) is 29.5 Å². The number of nitrogens with zero attached hydrogens (tertiary/aromatic N) is 2. The average Bonchev–Trinajstić information content (AvgIpc) is 2.62. The molecule has 0 saturated heterocycles. The summed E-state index contributed by atoms with van der Waals surface area (Å²) < 4.78 is 7.61. The van der Waals surface area contributed by atoms with Crippen LogP contribution in [0.3, 0.4) is 0 Å². The molecule has 1 aromatic heterocycles. The summed E-state index contributed by atoms with van der Waals surface area (Å²) in [6.45, 7) is 9.61. The van der Waals surface area contributed by atoms with Gasteiger partial charge in [0.15, 0.2) is 0 Å². The molecule has 4 heteroatoms. The van der Waals surface area contributed by atoms with Gasteiger partial charge in [0.1, 0.15) is 0 Å². The summed E-state index contributed by atoms with van der Waals surface area (Å²) in [7, 11) is 3.74. The Kier molecular flexibility index (Phi) is 4.71. The lowest BCUT2D eigenvalue weighted by Crippen LogP contribution is -2.42. The van der Waals surface area contributed by atoms with Crippen LogP contribution in [0.2, 0.25) is 0 Å². The highest BCUT2D eigenvalue weighted by Gasteiger charge is 2.34. The fourth-order valence-electron chi connectivity index (χ4n) is 2.27. The van der Waals surface area contributed by atoms with Crippen LogP contribution in [0.15, 0.2) is 12.3 Å². The molecule has 2 unspecified atom stereocenters. The molecule has 0 amide bonds. The summed E-state index contributed by atoms with van der Waals surface area (Å²) >= 11 is 0. The third-order valence-corrected chi connectivity index (χ3v) is 3.01.